The first-order valence-electron chi connectivity index (χ1n) is 9.17. The Kier molecular flexibility index (Phi) is 6.23. The van der Waals surface area contributed by atoms with Crippen LogP contribution in [-0.2, 0) is 20.7 Å². The number of carbonyl (C=O) groups excluding carboxylic acids is 1. The van der Waals surface area contributed by atoms with Gasteiger partial charge in [-0.15, -0.1) is 0 Å². The Hall–Kier alpha value is -2.40. The Morgan fingerprint density at radius 3 is 2.73 bits per heavy atom. The minimum Gasteiger partial charge on any atom is -0.481 e. The molecule has 2 aromatic rings. The first-order chi connectivity index (χ1) is 12.6. The van der Waals surface area contributed by atoms with Gasteiger partial charge in [0.2, 0.25) is 5.91 Å². The number of hydrogen-bond donors (Lipinski definition) is 2. The van der Waals surface area contributed by atoms with Crippen molar-refractivity contribution in [1.29, 1.82) is 0 Å². The van der Waals surface area contributed by atoms with E-state index in [4.69, 9.17) is 4.74 Å². The van der Waals surface area contributed by atoms with Crippen LogP contribution in [0.5, 0.6) is 0 Å². The molecule has 0 bridgehead atoms. The molecule has 1 saturated heterocycles. The van der Waals surface area contributed by atoms with Crippen molar-refractivity contribution >= 4 is 22.6 Å². The van der Waals surface area contributed by atoms with Crippen LogP contribution in [0.25, 0.3) is 10.8 Å². The lowest BCUT2D eigenvalue weighted by Gasteiger charge is -2.14. The van der Waals surface area contributed by atoms with Gasteiger partial charge in [-0.2, -0.15) is 0 Å². The van der Waals surface area contributed by atoms with Crippen molar-refractivity contribution in [3.8, 4) is 0 Å². The standard InChI is InChI=1S/C21H25NO4/c23-20(8-6-15-9-10-26-14-15)22-13-19(21(24)25)12-16-5-7-17-3-1-2-4-18(17)11-16/h1-5,7,11,15,19H,6,8-10,12-14H2,(H,22,23)(H,24,25). The lowest BCUT2D eigenvalue weighted by atomic mass is 9.97. The third-order valence-corrected chi connectivity index (χ3v) is 4.99. The normalized spacial score (nSPS) is 17.9. The number of amides is 1. The minimum atomic E-state index is -0.886. The molecule has 0 radical (unpaired) electrons. The highest BCUT2D eigenvalue weighted by molar-refractivity contribution is 5.83. The molecule has 0 aliphatic carbocycles. The molecule has 2 aromatic carbocycles. The first-order valence-corrected chi connectivity index (χ1v) is 9.17. The maximum atomic E-state index is 12.0. The van der Waals surface area contributed by atoms with Crippen LogP contribution in [0.1, 0.15) is 24.8 Å². The second kappa shape index (κ2) is 8.81. The van der Waals surface area contributed by atoms with E-state index < -0.39 is 11.9 Å². The van der Waals surface area contributed by atoms with Crippen LogP contribution in [0.4, 0.5) is 0 Å². The fourth-order valence-corrected chi connectivity index (χ4v) is 3.37. The molecule has 1 fully saturated rings. The Balaban J connectivity index is 1.52. The highest BCUT2D eigenvalue weighted by Crippen LogP contribution is 2.19. The van der Waals surface area contributed by atoms with E-state index in [0.717, 1.165) is 42.4 Å². The SMILES string of the molecule is O=C(CCC1CCOC1)NCC(Cc1ccc2ccccc2c1)C(=O)O. The highest BCUT2D eigenvalue weighted by atomic mass is 16.5. The van der Waals surface area contributed by atoms with Crippen molar-refractivity contribution in [3.63, 3.8) is 0 Å². The predicted molar refractivity (Wildman–Crippen MR) is 99.9 cm³/mol. The van der Waals surface area contributed by atoms with Gasteiger partial charge in [-0.25, -0.2) is 0 Å². The fraction of sp³-hybridized carbons (Fsp3) is 0.429. The number of fused-ring (bicyclic) bond motifs is 1. The fourth-order valence-electron chi connectivity index (χ4n) is 3.37. The number of carbonyl (C=O) groups is 2. The predicted octanol–water partition coefficient (Wildman–Crippen LogP) is 3.02. The summed E-state index contributed by atoms with van der Waals surface area (Å²) in [5.41, 5.74) is 0.966. The van der Waals surface area contributed by atoms with Crippen LogP contribution in [0.3, 0.4) is 0 Å². The summed E-state index contributed by atoms with van der Waals surface area (Å²) in [5, 5.41) is 14.5. The Morgan fingerprint density at radius 2 is 2.00 bits per heavy atom. The quantitative estimate of drug-likeness (QED) is 0.763. The van der Waals surface area contributed by atoms with E-state index in [1.165, 1.54) is 0 Å². The summed E-state index contributed by atoms with van der Waals surface area (Å²) in [4.78, 5) is 23.6. The van der Waals surface area contributed by atoms with Crippen LogP contribution in [0.2, 0.25) is 0 Å². The van der Waals surface area contributed by atoms with E-state index >= 15 is 0 Å². The second-order valence-corrected chi connectivity index (χ2v) is 6.99. The topological polar surface area (TPSA) is 75.6 Å². The summed E-state index contributed by atoms with van der Waals surface area (Å²) in [6.45, 7) is 1.66. The van der Waals surface area contributed by atoms with E-state index in [0.29, 0.717) is 18.8 Å². The lowest BCUT2D eigenvalue weighted by molar-refractivity contribution is -0.141. The average molecular weight is 355 g/mol. The zero-order valence-electron chi connectivity index (χ0n) is 14.8. The third-order valence-electron chi connectivity index (χ3n) is 4.99. The molecule has 5 nitrogen and oxygen atoms in total. The maximum Gasteiger partial charge on any atom is 0.308 e. The molecular formula is C21H25NO4. The summed E-state index contributed by atoms with van der Waals surface area (Å²) < 4.78 is 5.31. The molecule has 1 aliphatic rings. The van der Waals surface area contributed by atoms with Crippen molar-refractivity contribution in [2.75, 3.05) is 19.8 Å². The van der Waals surface area contributed by atoms with Gasteiger partial charge in [-0.05, 0) is 41.5 Å². The molecule has 3 rings (SSSR count). The molecule has 5 heteroatoms. The van der Waals surface area contributed by atoms with Gasteiger partial charge >= 0.3 is 5.97 Å². The summed E-state index contributed by atoms with van der Waals surface area (Å²) in [5.74, 6) is -1.15. The first kappa shape index (κ1) is 18.4. The summed E-state index contributed by atoms with van der Waals surface area (Å²) in [7, 11) is 0. The van der Waals surface area contributed by atoms with E-state index in [1.807, 2.05) is 42.5 Å². The van der Waals surface area contributed by atoms with Crippen LogP contribution < -0.4 is 5.32 Å². The maximum absolute atomic E-state index is 12.0. The number of ether oxygens (including phenoxy) is 1. The highest BCUT2D eigenvalue weighted by Gasteiger charge is 2.20. The van der Waals surface area contributed by atoms with Crippen molar-refractivity contribution in [2.24, 2.45) is 11.8 Å². The zero-order chi connectivity index (χ0) is 18.4. The molecule has 2 atom stereocenters. The summed E-state index contributed by atoms with van der Waals surface area (Å²) in [6, 6.07) is 14.0. The van der Waals surface area contributed by atoms with Gasteiger partial charge in [0, 0.05) is 26.2 Å². The van der Waals surface area contributed by atoms with E-state index in [1.54, 1.807) is 0 Å². The molecule has 0 aromatic heterocycles. The van der Waals surface area contributed by atoms with Gasteiger partial charge in [0.25, 0.3) is 0 Å². The Morgan fingerprint density at radius 1 is 1.19 bits per heavy atom. The van der Waals surface area contributed by atoms with Gasteiger partial charge < -0.3 is 15.2 Å². The number of benzene rings is 2. The van der Waals surface area contributed by atoms with Gasteiger partial charge in [0.1, 0.15) is 0 Å². The number of nitrogens with one attached hydrogen (secondary N) is 1. The van der Waals surface area contributed by atoms with Crippen molar-refractivity contribution in [2.45, 2.75) is 25.7 Å². The number of rotatable bonds is 8. The largest absolute Gasteiger partial charge is 0.481 e. The van der Waals surface area contributed by atoms with E-state index in [9.17, 15) is 14.7 Å². The summed E-state index contributed by atoms with van der Waals surface area (Å²) >= 11 is 0. The van der Waals surface area contributed by atoms with Gasteiger partial charge in [-0.3, -0.25) is 9.59 Å². The van der Waals surface area contributed by atoms with E-state index in [2.05, 4.69) is 5.32 Å². The number of carboxylic acids is 1. The van der Waals surface area contributed by atoms with E-state index in [-0.39, 0.29) is 12.5 Å². The molecule has 1 amide bonds. The van der Waals surface area contributed by atoms with Crippen LogP contribution in [0.15, 0.2) is 42.5 Å². The molecule has 2 unspecified atom stereocenters. The second-order valence-electron chi connectivity index (χ2n) is 6.99. The molecule has 138 valence electrons. The van der Waals surface area contributed by atoms with Crippen LogP contribution in [0, 0.1) is 11.8 Å². The van der Waals surface area contributed by atoms with Gasteiger partial charge in [0.15, 0.2) is 0 Å². The zero-order valence-corrected chi connectivity index (χ0v) is 14.8. The van der Waals surface area contributed by atoms with Crippen LogP contribution in [-0.4, -0.2) is 36.7 Å². The summed E-state index contributed by atoms with van der Waals surface area (Å²) in [6.07, 6.45) is 2.63. The monoisotopic (exact) mass is 355 g/mol. The minimum absolute atomic E-state index is 0.0818. The smallest absolute Gasteiger partial charge is 0.308 e. The van der Waals surface area contributed by atoms with Crippen LogP contribution >= 0.6 is 0 Å². The average Bonchev–Trinajstić information content (AvgIpc) is 3.16. The molecule has 26 heavy (non-hydrogen) atoms. The Labute approximate surface area is 153 Å². The molecule has 1 aliphatic heterocycles. The number of carboxylic acid groups (broad SMARTS) is 1. The van der Waals surface area contributed by atoms with Crippen molar-refractivity contribution in [1.82, 2.24) is 5.32 Å². The van der Waals surface area contributed by atoms with Gasteiger partial charge in [-0.1, -0.05) is 42.5 Å². The number of aliphatic carboxylic acids is 1. The lowest BCUT2D eigenvalue weighted by Crippen LogP contribution is -2.34. The molecule has 2 N–H and O–H groups in total. The molecule has 0 saturated carbocycles. The molecule has 1 heterocycles. The molecule has 0 spiro atoms. The third kappa shape index (κ3) is 5.05. The van der Waals surface area contributed by atoms with Crippen molar-refractivity contribution in [3.05, 3.63) is 48.0 Å². The molecular weight excluding hydrogens is 330 g/mol. The van der Waals surface area contributed by atoms with Gasteiger partial charge in [0.05, 0.1) is 5.92 Å². The van der Waals surface area contributed by atoms with Crippen molar-refractivity contribution < 1.29 is 19.4 Å². The Bertz CT molecular complexity index is 767. The number of hydrogen-bond acceptors (Lipinski definition) is 3.